The average Bonchev–Trinajstić information content (AvgIpc) is 1.88. The number of aliphatic carboxylic acids is 4. The van der Waals surface area contributed by atoms with Crippen LogP contribution >= 0.6 is 0 Å². The van der Waals surface area contributed by atoms with Crippen molar-refractivity contribution in [3.05, 3.63) is 0 Å². The number of carbonyl (C=O) groups is 4. The Morgan fingerprint density at radius 3 is 0.571 bits per heavy atom. The third kappa shape index (κ3) is 22.5. The number of rotatable bonds is 0. The smallest absolute Gasteiger partial charge is 0.543 e. The maximum absolute atomic E-state index is 8.93. The summed E-state index contributed by atoms with van der Waals surface area (Å²) in [7, 11) is 0. The van der Waals surface area contributed by atoms with Crippen molar-refractivity contribution in [3.8, 4) is 0 Å². The van der Waals surface area contributed by atoms with Crippen LogP contribution in [-0.4, -0.2) is 23.9 Å². The summed E-state index contributed by atoms with van der Waals surface area (Å²) in [5.41, 5.74) is 0. The molecule has 0 saturated carbocycles. The molecule has 0 aliphatic rings. The van der Waals surface area contributed by atoms with Gasteiger partial charge in [-0.3, -0.25) is 0 Å². The Kier molecular flexibility index (Phi) is 20.3. The first-order valence-corrected chi connectivity index (χ1v) is 2.13. The number of carboxylic acid groups (broad SMARTS) is 4. The van der Waals surface area contributed by atoms with Gasteiger partial charge < -0.3 is 39.6 Å². The van der Waals surface area contributed by atoms with Gasteiger partial charge in [0.25, 0.3) is 0 Å². The van der Waals surface area contributed by atoms with Crippen LogP contribution in [0.4, 0.5) is 0 Å². The van der Waals surface area contributed by atoms with E-state index in [1.807, 2.05) is 0 Å². The zero-order chi connectivity index (χ0) is 10.3. The molecule has 0 aliphatic heterocycles. The van der Waals surface area contributed by atoms with E-state index in [1.165, 1.54) is 0 Å². The van der Waals surface area contributed by atoms with Gasteiger partial charge in [0.15, 0.2) is 0 Å². The van der Waals surface area contributed by atoms with E-state index in [4.69, 9.17) is 39.6 Å². The number of carbonyl (C=O) groups excluding carboxylic acids is 4. The van der Waals surface area contributed by atoms with E-state index in [2.05, 4.69) is 0 Å². The van der Waals surface area contributed by atoms with Crippen LogP contribution < -0.4 is 20.4 Å². The molecule has 0 unspecified atom stereocenters. The summed E-state index contributed by atoms with van der Waals surface area (Å²) in [6, 6.07) is 0. The maximum atomic E-state index is 8.93. The van der Waals surface area contributed by atoms with Gasteiger partial charge in [0, 0.05) is 0 Å². The van der Waals surface area contributed by atoms with Gasteiger partial charge in [-0.2, -0.15) is 0 Å². The molecule has 0 N–H and O–H groups in total. The van der Waals surface area contributed by atoms with Crippen molar-refractivity contribution in [3.63, 3.8) is 0 Å². The molecule has 0 fully saturated rings. The molecule has 0 atom stereocenters. The van der Waals surface area contributed by atoms with Crippen molar-refractivity contribution in [1.82, 2.24) is 0 Å². The van der Waals surface area contributed by atoms with Crippen molar-refractivity contribution >= 4 is 23.9 Å². The minimum Gasteiger partial charge on any atom is -0.543 e. The van der Waals surface area contributed by atoms with Crippen LogP contribution in [0.5, 0.6) is 0 Å². The third-order valence-corrected chi connectivity index (χ3v) is 0.333. The van der Waals surface area contributed by atoms with Gasteiger partial charge in [0.1, 0.15) is 0 Å². The molecule has 10 heteroatoms. The van der Waals surface area contributed by atoms with Crippen molar-refractivity contribution < 1.29 is 81.7 Å². The Morgan fingerprint density at radius 1 is 0.500 bits per heavy atom. The third-order valence-electron chi connectivity index (χ3n) is 0.333. The maximum Gasteiger partial charge on any atom is 2.00 e. The summed E-state index contributed by atoms with van der Waals surface area (Å²) in [6.45, 7) is 0. The second-order valence-corrected chi connectivity index (χ2v) is 1.15. The number of carboxylic acids is 4. The van der Waals surface area contributed by atoms with Crippen molar-refractivity contribution in [2.24, 2.45) is 0 Å². The minimum atomic E-state index is -2.19. The second kappa shape index (κ2) is 12.3. The molecule has 0 aromatic rings. The van der Waals surface area contributed by atoms with E-state index >= 15 is 0 Å². The summed E-state index contributed by atoms with van der Waals surface area (Å²) in [4.78, 5) is 35.7. The summed E-state index contributed by atoms with van der Waals surface area (Å²) in [5.74, 6) is -8.74. The van der Waals surface area contributed by atoms with Gasteiger partial charge in [-0.25, -0.2) is 0 Å². The first kappa shape index (κ1) is 23.2. The van der Waals surface area contributed by atoms with Gasteiger partial charge in [-0.1, -0.05) is 0 Å². The van der Waals surface area contributed by atoms with Crippen LogP contribution in [0.25, 0.3) is 0 Å². The monoisotopic (exact) mass is 566 g/mol. The molecule has 0 spiro atoms. The molecule has 0 rings (SSSR count). The topological polar surface area (TPSA) is 161 Å². The predicted molar refractivity (Wildman–Crippen MR) is 20.0 cm³/mol. The van der Waals surface area contributed by atoms with Crippen LogP contribution in [0.2, 0.25) is 0 Å². The van der Waals surface area contributed by atoms with Crippen LogP contribution in [0.3, 0.4) is 0 Å². The summed E-state index contributed by atoms with van der Waals surface area (Å²) >= 11 is 0. The van der Waals surface area contributed by atoms with E-state index in [0.717, 1.165) is 0 Å². The SMILES string of the molecule is O=C([O-])C(=O)[O-].O=C([O-])C(=O)[O-].[Pt+2].[Pt+2]. The first-order valence-electron chi connectivity index (χ1n) is 2.13. The molecule has 0 amide bonds. The Balaban J connectivity index is -0.0000000625. The largest absolute Gasteiger partial charge is 2.00 e. The van der Waals surface area contributed by atoms with E-state index < -0.39 is 23.9 Å². The van der Waals surface area contributed by atoms with E-state index in [9.17, 15) is 0 Å². The molecule has 0 aromatic carbocycles. The van der Waals surface area contributed by atoms with Gasteiger partial charge >= 0.3 is 42.1 Å². The first-order chi connectivity index (χ1) is 5.29. The average molecular weight is 566 g/mol. The van der Waals surface area contributed by atoms with Gasteiger partial charge in [0.2, 0.25) is 0 Å². The molecule has 0 bridgehead atoms. The quantitative estimate of drug-likeness (QED) is 0.262. The normalized spacial score (nSPS) is 6.29. The molecule has 8 nitrogen and oxygen atoms in total. The molecular weight excluding hydrogens is 566 g/mol. The molecule has 0 radical (unpaired) electrons. The zero-order valence-corrected chi connectivity index (χ0v) is 10.4. The van der Waals surface area contributed by atoms with Crippen LogP contribution in [0.15, 0.2) is 0 Å². The molecule has 0 aliphatic carbocycles. The van der Waals surface area contributed by atoms with Crippen LogP contribution in [0.1, 0.15) is 0 Å². The number of hydrogen-bond acceptors (Lipinski definition) is 8. The Bertz CT molecular complexity index is 175. The van der Waals surface area contributed by atoms with Crippen LogP contribution in [0, 0.1) is 0 Å². The molecule has 0 heterocycles. The van der Waals surface area contributed by atoms with Crippen molar-refractivity contribution in [2.75, 3.05) is 0 Å². The fraction of sp³-hybridized carbons (Fsp3) is 0. The van der Waals surface area contributed by atoms with Crippen molar-refractivity contribution in [2.45, 2.75) is 0 Å². The molecule has 84 valence electrons. The molecular formula is C4O8Pt2. The van der Waals surface area contributed by atoms with Gasteiger partial charge in [0.05, 0.1) is 23.9 Å². The zero-order valence-electron chi connectivity index (χ0n) is 5.90. The van der Waals surface area contributed by atoms with Gasteiger partial charge in [-0.15, -0.1) is 0 Å². The van der Waals surface area contributed by atoms with E-state index in [0.29, 0.717) is 0 Å². The predicted octanol–water partition coefficient (Wildman–Crippen LogP) is -7.03. The standard InChI is InChI=1S/2C2H2O4.2Pt/c2*3-1(4)2(5)6;;/h2*(H,3,4)(H,5,6);;/q;;2*+2/p-4. The Labute approximate surface area is 105 Å². The summed E-state index contributed by atoms with van der Waals surface area (Å²) in [6.07, 6.45) is 0. The minimum absolute atomic E-state index is 0. The van der Waals surface area contributed by atoms with E-state index in [-0.39, 0.29) is 42.1 Å². The molecule has 0 saturated heterocycles. The fourth-order valence-corrected chi connectivity index (χ4v) is 0. The summed E-state index contributed by atoms with van der Waals surface area (Å²) in [5, 5.41) is 35.7. The Hall–Kier alpha value is -0.743. The van der Waals surface area contributed by atoms with Crippen LogP contribution in [-0.2, 0) is 61.3 Å². The number of hydrogen-bond donors (Lipinski definition) is 0. The van der Waals surface area contributed by atoms with Crippen molar-refractivity contribution in [1.29, 1.82) is 0 Å². The molecule has 14 heavy (non-hydrogen) atoms. The van der Waals surface area contributed by atoms with E-state index in [1.54, 1.807) is 0 Å². The fourth-order valence-electron chi connectivity index (χ4n) is 0. The molecule has 0 aromatic heterocycles. The second-order valence-electron chi connectivity index (χ2n) is 1.15. The Morgan fingerprint density at radius 2 is 0.571 bits per heavy atom. The summed E-state index contributed by atoms with van der Waals surface area (Å²) < 4.78 is 0. The van der Waals surface area contributed by atoms with Gasteiger partial charge in [-0.05, 0) is 0 Å².